The monoisotopic (exact) mass is 299 g/mol. The molecular weight excluding hydrogens is 283 g/mol. The van der Waals surface area contributed by atoms with Crippen LogP contribution in [-0.2, 0) is 6.18 Å². The molecule has 1 aliphatic rings. The van der Waals surface area contributed by atoms with Crippen molar-refractivity contribution >= 4 is 11.5 Å². The molecule has 0 radical (unpaired) electrons. The number of alkyl halides is 3. The van der Waals surface area contributed by atoms with Crippen LogP contribution in [-0.4, -0.2) is 25.9 Å². The van der Waals surface area contributed by atoms with Crippen molar-refractivity contribution in [3.63, 3.8) is 0 Å². The standard InChI is InChI=1S/C13H16F3N5/c1-8-3-2-4-9(7-8)17-10-5-6-11-18-19-12(13(14,15)16)21(11)20-10/h5-6,8-9H,2-4,7H2,1H3,(H,17,20)/t8-,9-/m1/s1. The van der Waals surface area contributed by atoms with Gasteiger partial charge in [0, 0.05) is 6.04 Å². The Bertz CT molecular complexity index is 636. The van der Waals surface area contributed by atoms with Crippen molar-refractivity contribution in [3.05, 3.63) is 18.0 Å². The van der Waals surface area contributed by atoms with Crippen LogP contribution in [0.15, 0.2) is 12.1 Å². The molecule has 114 valence electrons. The Balaban J connectivity index is 1.86. The molecular formula is C13H16F3N5. The fourth-order valence-corrected chi connectivity index (χ4v) is 2.82. The lowest BCUT2D eigenvalue weighted by Crippen LogP contribution is -2.27. The van der Waals surface area contributed by atoms with E-state index in [0.717, 1.165) is 23.8 Å². The maximum atomic E-state index is 12.8. The van der Waals surface area contributed by atoms with E-state index in [4.69, 9.17) is 0 Å². The molecule has 0 unspecified atom stereocenters. The molecule has 0 aromatic carbocycles. The van der Waals surface area contributed by atoms with Crippen LogP contribution >= 0.6 is 0 Å². The minimum Gasteiger partial charge on any atom is -0.366 e. The van der Waals surface area contributed by atoms with E-state index in [1.165, 1.54) is 12.5 Å². The van der Waals surface area contributed by atoms with Gasteiger partial charge in [-0.15, -0.1) is 15.3 Å². The molecule has 2 atom stereocenters. The van der Waals surface area contributed by atoms with Crippen molar-refractivity contribution in [1.82, 2.24) is 19.8 Å². The molecule has 5 nitrogen and oxygen atoms in total. The number of halogens is 3. The molecule has 1 aliphatic carbocycles. The van der Waals surface area contributed by atoms with E-state index in [1.54, 1.807) is 6.07 Å². The quantitative estimate of drug-likeness (QED) is 0.925. The number of fused-ring (bicyclic) bond motifs is 1. The second-order valence-electron chi connectivity index (χ2n) is 5.62. The minimum atomic E-state index is -4.57. The highest BCUT2D eigenvalue weighted by Gasteiger charge is 2.37. The molecule has 0 spiro atoms. The summed E-state index contributed by atoms with van der Waals surface area (Å²) < 4.78 is 39.2. The number of nitrogens with zero attached hydrogens (tertiary/aromatic N) is 4. The Labute approximate surface area is 119 Å². The molecule has 1 saturated carbocycles. The van der Waals surface area contributed by atoms with E-state index >= 15 is 0 Å². The summed E-state index contributed by atoms with van der Waals surface area (Å²) in [5, 5.41) is 13.9. The number of hydrogen-bond acceptors (Lipinski definition) is 4. The Kier molecular flexibility index (Phi) is 3.46. The summed E-state index contributed by atoms with van der Waals surface area (Å²) in [6, 6.07) is 3.39. The van der Waals surface area contributed by atoms with E-state index in [-0.39, 0.29) is 11.7 Å². The summed E-state index contributed by atoms with van der Waals surface area (Å²) in [6.45, 7) is 2.19. The first kappa shape index (κ1) is 14.1. The lowest BCUT2D eigenvalue weighted by atomic mass is 9.87. The molecule has 8 heteroatoms. The smallest absolute Gasteiger partial charge is 0.366 e. The summed E-state index contributed by atoms with van der Waals surface area (Å²) >= 11 is 0. The Morgan fingerprint density at radius 2 is 2.05 bits per heavy atom. The lowest BCUT2D eigenvalue weighted by Gasteiger charge is -2.27. The maximum absolute atomic E-state index is 12.8. The zero-order valence-electron chi connectivity index (χ0n) is 11.6. The number of rotatable bonds is 2. The summed E-state index contributed by atoms with van der Waals surface area (Å²) in [6.07, 6.45) is -0.216. The van der Waals surface area contributed by atoms with Crippen molar-refractivity contribution < 1.29 is 13.2 Å². The van der Waals surface area contributed by atoms with Gasteiger partial charge in [0.2, 0.25) is 0 Å². The average molecular weight is 299 g/mol. The minimum absolute atomic E-state index is 0.0879. The summed E-state index contributed by atoms with van der Waals surface area (Å²) in [7, 11) is 0. The Morgan fingerprint density at radius 1 is 1.24 bits per heavy atom. The second kappa shape index (κ2) is 5.16. The molecule has 1 fully saturated rings. The number of hydrogen-bond donors (Lipinski definition) is 1. The molecule has 3 rings (SSSR count). The van der Waals surface area contributed by atoms with E-state index < -0.39 is 12.0 Å². The first-order valence-corrected chi connectivity index (χ1v) is 6.99. The van der Waals surface area contributed by atoms with Gasteiger partial charge in [-0.3, -0.25) is 0 Å². The largest absolute Gasteiger partial charge is 0.453 e. The molecule has 0 saturated heterocycles. The fraction of sp³-hybridized carbons (Fsp3) is 0.615. The normalized spacial score (nSPS) is 23.4. The van der Waals surface area contributed by atoms with Crippen molar-refractivity contribution in [3.8, 4) is 0 Å². The summed E-state index contributed by atoms with van der Waals surface area (Å²) in [4.78, 5) is 0. The topological polar surface area (TPSA) is 55.1 Å². The SMILES string of the molecule is C[C@@H]1CCC[C@@H](Nc2ccc3nnc(C(F)(F)F)n3n2)C1. The van der Waals surface area contributed by atoms with Gasteiger partial charge in [0.05, 0.1) is 0 Å². The zero-order valence-corrected chi connectivity index (χ0v) is 11.6. The maximum Gasteiger partial charge on any atom is 0.453 e. The molecule has 2 aromatic heterocycles. The highest BCUT2D eigenvalue weighted by atomic mass is 19.4. The van der Waals surface area contributed by atoms with Crippen LogP contribution in [0.5, 0.6) is 0 Å². The van der Waals surface area contributed by atoms with Gasteiger partial charge in [0.25, 0.3) is 5.82 Å². The van der Waals surface area contributed by atoms with Crippen molar-refractivity contribution in [1.29, 1.82) is 0 Å². The number of nitrogens with one attached hydrogen (secondary N) is 1. The van der Waals surface area contributed by atoms with Crippen LogP contribution in [0.4, 0.5) is 19.0 Å². The predicted octanol–water partition coefficient (Wildman–Crippen LogP) is 3.13. The number of anilines is 1. The summed E-state index contributed by atoms with van der Waals surface area (Å²) in [5.74, 6) is -0.0503. The van der Waals surface area contributed by atoms with E-state index in [0.29, 0.717) is 11.7 Å². The van der Waals surface area contributed by atoms with Crippen molar-refractivity contribution in [2.45, 2.75) is 44.8 Å². The zero-order chi connectivity index (χ0) is 15.0. The molecule has 0 bridgehead atoms. The third-order valence-electron chi connectivity index (χ3n) is 3.80. The summed E-state index contributed by atoms with van der Waals surface area (Å²) in [5.41, 5.74) is 0.0879. The molecule has 0 aliphatic heterocycles. The Hall–Kier alpha value is -1.86. The highest BCUT2D eigenvalue weighted by molar-refractivity contribution is 5.44. The molecule has 0 amide bonds. The third-order valence-corrected chi connectivity index (χ3v) is 3.80. The molecule has 2 heterocycles. The average Bonchev–Trinajstić information content (AvgIpc) is 2.81. The highest BCUT2D eigenvalue weighted by Crippen LogP contribution is 2.28. The van der Waals surface area contributed by atoms with Gasteiger partial charge in [-0.25, -0.2) is 0 Å². The van der Waals surface area contributed by atoms with E-state index in [2.05, 4.69) is 27.5 Å². The van der Waals surface area contributed by atoms with Crippen LogP contribution in [0.3, 0.4) is 0 Å². The Morgan fingerprint density at radius 3 is 2.76 bits per heavy atom. The molecule has 2 aromatic rings. The van der Waals surface area contributed by atoms with Crippen LogP contribution in [0.1, 0.15) is 38.4 Å². The van der Waals surface area contributed by atoms with E-state index in [1.807, 2.05) is 0 Å². The van der Waals surface area contributed by atoms with Crippen LogP contribution in [0.25, 0.3) is 5.65 Å². The van der Waals surface area contributed by atoms with Gasteiger partial charge >= 0.3 is 6.18 Å². The van der Waals surface area contributed by atoms with E-state index in [9.17, 15) is 13.2 Å². The molecule has 1 N–H and O–H groups in total. The second-order valence-corrected chi connectivity index (χ2v) is 5.62. The number of aromatic nitrogens is 4. The van der Waals surface area contributed by atoms with Gasteiger partial charge in [0.1, 0.15) is 5.82 Å². The first-order valence-electron chi connectivity index (χ1n) is 6.99. The van der Waals surface area contributed by atoms with Crippen molar-refractivity contribution in [2.75, 3.05) is 5.32 Å². The van der Waals surface area contributed by atoms with Gasteiger partial charge in [-0.1, -0.05) is 19.8 Å². The van der Waals surface area contributed by atoms with Gasteiger partial charge in [-0.2, -0.15) is 17.7 Å². The lowest BCUT2D eigenvalue weighted by molar-refractivity contribution is -0.146. The van der Waals surface area contributed by atoms with Gasteiger partial charge < -0.3 is 5.32 Å². The molecule has 21 heavy (non-hydrogen) atoms. The third kappa shape index (κ3) is 2.93. The van der Waals surface area contributed by atoms with Crippen LogP contribution < -0.4 is 5.32 Å². The predicted molar refractivity (Wildman–Crippen MR) is 70.8 cm³/mol. The van der Waals surface area contributed by atoms with Gasteiger partial charge in [-0.05, 0) is 30.9 Å². The van der Waals surface area contributed by atoms with Gasteiger partial charge in [0.15, 0.2) is 5.65 Å². The van der Waals surface area contributed by atoms with Crippen molar-refractivity contribution in [2.24, 2.45) is 5.92 Å². The first-order chi connectivity index (χ1) is 9.93. The van der Waals surface area contributed by atoms with Crippen LogP contribution in [0.2, 0.25) is 0 Å². The fourth-order valence-electron chi connectivity index (χ4n) is 2.82. The van der Waals surface area contributed by atoms with Crippen LogP contribution in [0, 0.1) is 5.92 Å².